The van der Waals surface area contributed by atoms with Crippen LogP contribution in [-0.4, -0.2) is 16.9 Å². The molecule has 2 rings (SSSR count). The molecule has 0 radical (unpaired) electrons. The van der Waals surface area contributed by atoms with E-state index in [-0.39, 0.29) is 11.9 Å². The van der Waals surface area contributed by atoms with Gasteiger partial charge in [-0.15, -0.1) is 0 Å². The number of para-hydroxylation sites is 1. The molecule has 1 aromatic heterocycles. The largest absolute Gasteiger partial charge is 0.327 e. The second kappa shape index (κ2) is 5.25. The number of nitrogens with zero attached hydrogens (tertiary/aromatic N) is 1. The highest BCUT2D eigenvalue weighted by atomic mass is 32.1. The number of hydrogen-bond donors (Lipinski definition) is 2. The first kappa shape index (κ1) is 12.0. The number of fused-ring (bicyclic) bond motifs is 1. The topological polar surface area (TPSA) is 68.0 Å². The third-order valence-electron chi connectivity index (χ3n) is 2.51. The van der Waals surface area contributed by atoms with Crippen LogP contribution in [0, 0.1) is 0 Å². The molecule has 0 saturated carbocycles. The van der Waals surface area contributed by atoms with Gasteiger partial charge in [-0.3, -0.25) is 4.79 Å². The van der Waals surface area contributed by atoms with Crippen LogP contribution in [0.25, 0.3) is 10.2 Å². The van der Waals surface area contributed by atoms with Crippen LogP contribution in [0.5, 0.6) is 0 Å². The van der Waals surface area contributed by atoms with Gasteiger partial charge < -0.3 is 11.1 Å². The number of rotatable bonds is 4. The minimum absolute atomic E-state index is 0.0709. The first-order chi connectivity index (χ1) is 8.19. The average Bonchev–Trinajstić information content (AvgIpc) is 2.70. The lowest BCUT2D eigenvalue weighted by atomic mass is 10.2. The zero-order valence-electron chi connectivity index (χ0n) is 9.64. The smallest absolute Gasteiger partial charge is 0.227 e. The molecule has 0 aliphatic heterocycles. The number of amides is 1. The second-order valence-corrected chi connectivity index (χ2v) is 4.94. The molecule has 0 fully saturated rings. The summed E-state index contributed by atoms with van der Waals surface area (Å²) in [6.45, 7) is 1.97. The highest BCUT2D eigenvalue weighted by Gasteiger charge is 2.10. The molecule has 1 aromatic carbocycles. The van der Waals surface area contributed by atoms with E-state index in [1.807, 2.05) is 31.2 Å². The summed E-state index contributed by atoms with van der Waals surface area (Å²) in [5.74, 6) is -0.0709. The van der Waals surface area contributed by atoms with Crippen LogP contribution in [-0.2, 0) is 4.79 Å². The summed E-state index contributed by atoms with van der Waals surface area (Å²) >= 11 is 1.48. The lowest BCUT2D eigenvalue weighted by Crippen LogP contribution is -2.26. The monoisotopic (exact) mass is 249 g/mol. The van der Waals surface area contributed by atoms with Gasteiger partial charge in [-0.25, -0.2) is 4.98 Å². The molecular formula is C12H15N3OS. The molecular weight excluding hydrogens is 234 g/mol. The Kier molecular flexibility index (Phi) is 3.71. The highest BCUT2D eigenvalue weighted by molar-refractivity contribution is 7.22. The maximum atomic E-state index is 11.6. The van der Waals surface area contributed by atoms with Crippen LogP contribution < -0.4 is 11.1 Å². The van der Waals surface area contributed by atoms with Gasteiger partial charge in [0, 0.05) is 12.5 Å². The van der Waals surface area contributed by atoms with Crippen molar-refractivity contribution in [3.05, 3.63) is 24.3 Å². The third-order valence-corrected chi connectivity index (χ3v) is 3.46. The van der Waals surface area contributed by atoms with Crippen molar-refractivity contribution < 1.29 is 4.79 Å². The highest BCUT2D eigenvalue weighted by Crippen LogP contribution is 2.25. The molecule has 17 heavy (non-hydrogen) atoms. The summed E-state index contributed by atoms with van der Waals surface area (Å²) in [7, 11) is 0. The molecule has 3 N–H and O–H groups in total. The van der Waals surface area contributed by atoms with Crippen LogP contribution >= 0.6 is 11.3 Å². The number of anilines is 1. The minimum atomic E-state index is -0.0793. The number of nitrogens with two attached hydrogens (primary N) is 1. The molecule has 0 spiro atoms. The zero-order valence-corrected chi connectivity index (χ0v) is 10.5. The Morgan fingerprint density at radius 1 is 1.53 bits per heavy atom. The van der Waals surface area contributed by atoms with E-state index in [2.05, 4.69) is 10.3 Å². The van der Waals surface area contributed by atoms with E-state index in [1.165, 1.54) is 11.3 Å². The fourth-order valence-electron chi connectivity index (χ4n) is 1.48. The molecule has 1 heterocycles. The van der Waals surface area contributed by atoms with Gasteiger partial charge >= 0.3 is 0 Å². The van der Waals surface area contributed by atoms with Crippen LogP contribution in [0.15, 0.2) is 24.3 Å². The first-order valence-corrected chi connectivity index (χ1v) is 6.41. The van der Waals surface area contributed by atoms with Crippen molar-refractivity contribution >= 4 is 32.6 Å². The quantitative estimate of drug-likeness (QED) is 0.874. The second-order valence-electron chi connectivity index (χ2n) is 3.91. The van der Waals surface area contributed by atoms with E-state index >= 15 is 0 Å². The van der Waals surface area contributed by atoms with E-state index < -0.39 is 0 Å². The molecule has 1 amide bonds. The Morgan fingerprint density at radius 2 is 2.29 bits per heavy atom. The number of thiazole rings is 1. The Labute approximate surface area is 104 Å². The summed E-state index contributed by atoms with van der Waals surface area (Å²) in [5.41, 5.74) is 6.63. The molecule has 2 aromatic rings. The number of carbonyl (C=O) groups excluding carboxylic acids is 1. The van der Waals surface area contributed by atoms with Crippen molar-refractivity contribution in [1.29, 1.82) is 0 Å². The standard InChI is InChI=1S/C12H15N3OS/c1-2-8(13)7-11(16)15-12-14-9-5-3-4-6-10(9)17-12/h3-6,8H,2,7,13H2,1H3,(H,14,15,16). The van der Waals surface area contributed by atoms with Crippen LogP contribution in [0.1, 0.15) is 19.8 Å². The normalized spacial score (nSPS) is 12.6. The Balaban J connectivity index is 2.05. The Morgan fingerprint density at radius 3 is 3.00 bits per heavy atom. The summed E-state index contributed by atoms with van der Waals surface area (Å²) in [6, 6.07) is 7.73. The van der Waals surface area contributed by atoms with Gasteiger partial charge in [0.2, 0.25) is 5.91 Å². The van der Waals surface area contributed by atoms with Crippen LogP contribution in [0.4, 0.5) is 5.13 Å². The van der Waals surface area contributed by atoms with E-state index in [9.17, 15) is 4.79 Å². The lowest BCUT2D eigenvalue weighted by molar-refractivity contribution is -0.116. The van der Waals surface area contributed by atoms with Crippen LogP contribution in [0.2, 0.25) is 0 Å². The maximum absolute atomic E-state index is 11.6. The predicted octanol–water partition coefficient (Wildman–Crippen LogP) is 2.36. The first-order valence-electron chi connectivity index (χ1n) is 5.60. The Hall–Kier alpha value is -1.46. The zero-order chi connectivity index (χ0) is 12.3. The van der Waals surface area contributed by atoms with Crippen molar-refractivity contribution in [2.75, 3.05) is 5.32 Å². The number of aromatic nitrogens is 1. The lowest BCUT2D eigenvalue weighted by Gasteiger charge is -2.06. The van der Waals surface area contributed by atoms with Crippen molar-refractivity contribution in [2.24, 2.45) is 5.73 Å². The average molecular weight is 249 g/mol. The van der Waals surface area contributed by atoms with Gasteiger partial charge in [-0.2, -0.15) is 0 Å². The van der Waals surface area contributed by atoms with Gasteiger partial charge in [0.1, 0.15) is 0 Å². The molecule has 4 nitrogen and oxygen atoms in total. The third kappa shape index (κ3) is 3.01. The minimum Gasteiger partial charge on any atom is -0.327 e. The molecule has 5 heteroatoms. The van der Waals surface area contributed by atoms with Gasteiger partial charge in [0.15, 0.2) is 5.13 Å². The molecule has 0 saturated heterocycles. The van der Waals surface area contributed by atoms with E-state index in [0.29, 0.717) is 11.6 Å². The van der Waals surface area contributed by atoms with E-state index in [1.54, 1.807) is 0 Å². The number of hydrogen-bond acceptors (Lipinski definition) is 4. The molecule has 90 valence electrons. The van der Waals surface area contributed by atoms with Crippen LogP contribution in [0.3, 0.4) is 0 Å². The van der Waals surface area contributed by atoms with Crippen molar-refractivity contribution in [3.8, 4) is 0 Å². The van der Waals surface area contributed by atoms with Gasteiger partial charge in [-0.05, 0) is 18.6 Å². The summed E-state index contributed by atoms with van der Waals surface area (Å²) in [6.07, 6.45) is 1.14. The molecule has 1 unspecified atom stereocenters. The van der Waals surface area contributed by atoms with Crippen molar-refractivity contribution in [2.45, 2.75) is 25.8 Å². The van der Waals surface area contributed by atoms with Gasteiger partial charge in [0.05, 0.1) is 10.2 Å². The maximum Gasteiger partial charge on any atom is 0.227 e. The van der Waals surface area contributed by atoms with Gasteiger partial charge in [0.25, 0.3) is 0 Å². The number of carbonyl (C=O) groups is 1. The van der Waals surface area contributed by atoms with Crippen molar-refractivity contribution in [3.63, 3.8) is 0 Å². The molecule has 1 atom stereocenters. The van der Waals surface area contributed by atoms with E-state index in [4.69, 9.17) is 5.73 Å². The Bertz CT molecular complexity index is 490. The van der Waals surface area contributed by atoms with E-state index in [0.717, 1.165) is 16.6 Å². The molecule has 0 aliphatic carbocycles. The molecule has 0 aliphatic rings. The number of nitrogens with one attached hydrogen (secondary N) is 1. The van der Waals surface area contributed by atoms with Crippen molar-refractivity contribution in [1.82, 2.24) is 4.98 Å². The number of benzene rings is 1. The molecule has 0 bridgehead atoms. The summed E-state index contributed by atoms with van der Waals surface area (Å²) < 4.78 is 1.07. The fourth-order valence-corrected chi connectivity index (χ4v) is 2.36. The SMILES string of the molecule is CCC(N)CC(=O)Nc1nc2ccccc2s1. The summed E-state index contributed by atoms with van der Waals surface area (Å²) in [5, 5.41) is 3.42. The summed E-state index contributed by atoms with van der Waals surface area (Å²) in [4.78, 5) is 16.0. The van der Waals surface area contributed by atoms with Gasteiger partial charge in [-0.1, -0.05) is 30.4 Å². The fraction of sp³-hybridized carbons (Fsp3) is 0.333. The predicted molar refractivity (Wildman–Crippen MR) is 71.1 cm³/mol.